The maximum atomic E-state index is 11.9. The van der Waals surface area contributed by atoms with Crippen molar-refractivity contribution in [1.29, 1.82) is 0 Å². The van der Waals surface area contributed by atoms with Gasteiger partial charge in [-0.2, -0.15) is 0 Å². The summed E-state index contributed by atoms with van der Waals surface area (Å²) in [5.41, 5.74) is 3.36. The van der Waals surface area contributed by atoms with Gasteiger partial charge in [0.1, 0.15) is 0 Å². The van der Waals surface area contributed by atoms with Gasteiger partial charge in [0.15, 0.2) is 0 Å². The molecule has 1 atom stereocenters. The van der Waals surface area contributed by atoms with Crippen LogP contribution in [0.2, 0.25) is 0 Å². The quantitative estimate of drug-likeness (QED) is 0.722. The fraction of sp³-hybridized carbons (Fsp3) is 0.462. The zero-order chi connectivity index (χ0) is 11.9. The van der Waals surface area contributed by atoms with Gasteiger partial charge in [0.25, 0.3) is 0 Å². The Morgan fingerprint density at radius 1 is 1.19 bits per heavy atom. The predicted molar refractivity (Wildman–Crippen MR) is 65.2 cm³/mol. The fourth-order valence-electron chi connectivity index (χ4n) is 2.24. The molecular weight excluding hydrogens is 200 g/mol. The molecule has 1 aromatic rings. The van der Waals surface area contributed by atoms with Gasteiger partial charge in [-0.25, -0.2) is 10.0 Å². The molecule has 1 aliphatic rings. The lowest BCUT2D eigenvalue weighted by atomic mass is 10.1. The standard InChI is InChI=1S/C13H18N2O/c1-9-5-10(2)7-12(6-9)15-13(16)8-11(3)14(15)4/h5-7,11H,8H2,1-4H3. The topological polar surface area (TPSA) is 23.6 Å². The molecule has 0 bridgehead atoms. The third-order valence-corrected chi connectivity index (χ3v) is 3.11. The molecule has 2 rings (SSSR count). The molecule has 0 saturated carbocycles. The molecule has 1 fully saturated rings. The van der Waals surface area contributed by atoms with Gasteiger partial charge in [0.05, 0.1) is 5.69 Å². The lowest BCUT2D eigenvalue weighted by Crippen LogP contribution is -2.38. The summed E-state index contributed by atoms with van der Waals surface area (Å²) < 4.78 is 0. The number of rotatable bonds is 1. The molecule has 1 aromatic carbocycles. The minimum absolute atomic E-state index is 0.181. The number of carbonyl (C=O) groups is 1. The highest BCUT2D eigenvalue weighted by molar-refractivity contribution is 5.95. The second-order valence-corrected chi connectivity index (χ2v) is 4.68. The summed E-state index contributed by atoms with van der Waals surface area (Å²) in [6, 6.07) is 6.51. The van der Waals surface area contributed by atoms with E-state index in [1.807, 2.05) is 12.1 Å². The second-order valence-electron chi connectivity index (χ2n) is 4.68. The summed E-state index contributed by atoms with van der Waals surface area (Å²) in [4.78, 5) is 11.9. The zero-order valence-electron chi connectivity index (χ0n) is 10.3. The Labute approximate surface area is 96.6 Å². The van der Waals surface area contributed by atoms with Gasteiger partial charge in [-0.05, 0) is 44.0 Å². The summed E-state index contributed by atoms with van der Waals surface area (Å²) in [6.45, 7) is 6.18. The maximum absolute atomic E-state index is 11.9. The van der Waals surface area contributed by atoms with Crippen molar-refractivity contribution in [2.75, 3.05) is 12.1 Å². The number of aryl methyl sites for hydroxylation is 2. The van der Waals surface area contributed by atoms with Crippen LogP contribution >= 0.6 is 0 Å². The van der Waals surface area contributed by atoms with E-state index in [4.69, 9.17) is 0 Å². The van der Waals surface area contributed by atoms with Crippen LogP contribution in [0.5, 0.6) is 0 Å². The minimum atomic E-state index is 0.181. The van der Waals surface area contributed by atoms with Gasteiger partial charge in [-0.1, -0.05) is 6.07 Å². The molecule has 3 nitrogen and oxygen atoms in total. The van der Waals surface area contributed by atoms with E-state index < -0.39 is 0 Å². The smallest absolute Gasteiger partial charge is 0.243 e. The van der Waals surface area contributed by atoms with E-state index in [1.54, 1.807) is 5.01 Å². The van der Waals surface area contributed by atoms with Crippen molar-refractivity contribution in [3.63, 3.8) is 0 Å². The monoisotopic (exact) mass is 218 g/mol. The number of hydrogen-bond donors (Lipinski definition) is 0. The van der Waals surface area contributed by atoms with Gasteiger partial charge >= 0.3 is 0 Å². The first kappa shape index (κ1) is 11.1. The molecule has 3 heteroatoms. The molecule has 0 radical (unpaired) electrons. The summed E-state index contributed by atoms with van der Waals surface area (Å²) >= 11 is 0. The summed E-state index contributed by atoms with van der Waals surface area (Å²) in [7, 11) is 1.97. The Kier molecular flexibility index (Phi) is 2.72. The molecule has 1 unspecified atom stereocenters. The van der Waals surface area contributed by atoms with Crippen LogP contribution in [0.15, 0.2) is 18.2 Å². The number of anilines is 1. The normalized spacial score (nSPS) is 21.9. The van der Waals surface area contributed by atoms with Gasteiger partial charge in [-0.15, -0.1) is 0 Å². The van der Waals surface area contributed by atoms with E-state index in [-0.39, 0.29) is 11.9 Å². The first-order chi connectivity index (χ1) is 7.49. The van der Waals surface area contributed by atoms with Gasteiger partial charge < -0.3 is 0 Å². The van der Waals surface area contributed by atoms with Crippen LogP contribution in [0.25, 0.3) is 0 Å². The summed E-state index contributed by atoms with van der Waals surface area (Å²) in [6.07, 6.45) is 0.601. The lowest BCUT2D eigenvalue weighted by Gasteiger charge is -2.27. The molecular formula is C13H18N2O. The Morgan fingerprint density at radius 2 is 1.75 bits per heavy atom. The zero-order valence-corrected chi connectivity index (χ0v) is 10.3. The maximum Gasteiger partial charge on any atom is 0.243 e. The van der Waals surface area contributed by atoms with Crippen LogP contribution in [-0.4, -0.2) is 24.0 Å². The van der Waals surface area contributed by atoms with Crippen LogP contribution in [0.3, 0.4) is 0 Å². The van der Waals surface area contributed by atoms with Gasteiger partial charge in [-0.3, -0.25) is 4.79 Å². The SMILES string of the molecule is Cc1cc(C)cc(N2C(=O)CC(C)N2C)c1. The molecule has 1 amide bonds. The first-order valence-corrected chi connectivity index (χ1v) is 5.63. The third kappa shape index (κ3) is 1.83. The highest BCUT2D eigenvalue weighted by Crippen LogP contribution is 2.27. The molecule has 0 spiro atoms. The average Bonchev–Trinajstić information content (AvgIpc) is 2.39. The highest BCUT2D eigenvalue weighted by Gasteiger charge is 2.33. The largest absolute Gasteiger partial charge is 0.273 e. The van der Waals surface area contributed by atoms with Crippen molar-refractivity contribution in [3.8, 4) is 0 Å². The first-order valence-electron chi connectivity index (χ1n) is 5.63. The van der Waals surface area contributed by atoms with E-state index in [1.165, 1.54) is 11.1 Å². The number of nitrogens with zero attached hydrogens (tertiary/aromatic N) is 2. The number of hydrogen-bond acceptors (Lipinski definition) is 2. The van der Waals surface area contributed by atoms with Crippen LogP contribution in [0.1, 0.15) is 24.5 Å². The third-order valence-electron chi connectivity index (χ3n) is 3.11. The lowest BCUT2D eigenvalue weighted by molar-refractivity contribution is -0.117. The number of benzene rings is 1. The van der Waals surface area contributed by atoms with Crippen LogP contribution in [0.4, 0.5) is 5.69 Å². The van der Waals surface area contributed by atoms with Crippen molar-refractivity contribution in [2.45, 2.75) is 33.2 Å². The van der Waals surface area contributed by atoms with Crippen molar-refractivity contribution in [1.82, 2.24) is 5.01 Å². The Balaban J connectivity index is 2.40. The predicted octanol–water partition coefficient (Wildman–Crippen LogP) is 2.28. The van der Waals surface area contributed by atoms with Crippen molar-refractivity contribution in [3.05, 3.63) is 29.3 Å². The van der Waals surface area contributed by atoms with Crippen molar-refractivity contribution < 1.29 is 4.79 Å². The summed E-state index contributed by atoms with van der Waals surface area (Å²) in [5, 5.41) is 3.79. The van der Waals surface area contributed by atoms with E-state index in [0.717, 1.165) is 5.69 Å². The van der Waals surface area contributed by atoms with Crippen molar-refractivity contribution >= 4 is 11.6 Å². The average molecular weight is 218 g/mol. The van der Waals surface area contributed by atoms with Gasteiger partial charge in [0.2, 0.25) is 5.91 Å². The Morgan fingerprint density at radius 3 is 2.19 bits per heavy atom. The molecule has 1 aliphatic heterocycles. The van der Waals surface area contributed by atoms with E-state index >= 15 is 0 Å². The van der Waals surface area contributed by atoms with Crippen molar-refractivity contribution in [2.24, 2.45) is 0 Å². The molecule has 0 N–H and O–H groups in total. The molecule has 86 valence electrons. The van der Waals surface area contributed by atoms with Crippen LogP contribution in [-0.2, 0) is 4.79 Å². The number of carbonyl (C=O) groups excluding carboxylic acids is 1. The molecule has 0 aliphatic carbocycles. The van der Waals surface area contributed by atoms with Gasteiger partial charge in [0, 0.05) is 19.5 Å². The Bertz CT molecular complexity index is 408. The molecule has 1 saturated heterocycles. The molecule has 1 heterocycles. The highest BCUT2D eigenvalue weighted by atomic mass is 16.2. The summed E-state index contributed by atoms with van der Waals surface area (Å²) in [5.74, 6) is 0.181. The fourth-order valence-corrected chi connectivity index (χ4v) is 2.24. The molecule has 16 heavy (non-hydrogen) atoms. The minimum Gasteiger partial charge on any atom is -0.273 e. The molecule has 0 aromatic heterocycles. The second kappa shape index (κ2) is 3.91. The number of hydrazine groups is 1. The van der Waals surface area contributed by atoms with Crippen LogP contribution < -0.4 is 5.01 Å². The van der Waals surface area contributed by atoms with E-state index in [9.17, 15) is 4.79 Å². The Hall–Kier alpha value is -1.35. The van der Waals surface area contributed by atoms with E-state index in [0.29, 0.717) is 6.42 Å². The van der Waals surface area contributed by atoms with Crippen LogP contribution in [0, 0.1) is 13.8 Å². The number of amides is 1. The van der Waals surface area contributed by atoms with E-state index in [2.05, 4.69) is 39.0 Å².